The van der Waals surface area contributed by atoms with Gasteiger partial charge in [0.1, 0.15) is 0 Å². The first-order valence-corrected chi connectivity index (χ1v) is 10.5. The van der Waals surface area contributed by atoms with E-state index in [0.717, 1.165) is 70.0 Å². The number of nitrogens with zero attached hydrogens (tertiary/aromatic N) is 2. The van der Waals surface area contributed by atoms with Gasteiger partial charge in [0.25, 0.3) is 0 Å². The minimum absolute atomic E-state index is 0.322. The van der Waals surface area contributed by atoms with E-state index in [0.29, 0.717) is 6.10 Å². The van der Waals surface area contributed by atoms with Crippen LogP contribution in [-0.4, -0.2) is 76.6 Å². The average molecular weight is 369 g/mol. The molecule has 3 unspecified atom stereocenters. The van der Waals surface area contributed by atoms with Gasteiger partial charge in [-0.15, -0.1) is 0 Å². The van der Waals surface area contributed by atoms with Gasteiger partial charge in [-0.2, -0.15) is 0 Å². The van der Waals surface area contributed by atoms with Crippen molar-refractivity contribution in [3.63, 3.8) is 0 Å². The molecule has 152 valence electrons. The van der Waals surface area contributed by atoms with Crippen molar-refractivity contribution in [1.82, 2.24) is 15.5 Å². The van der Waals surface area contributed by atoms with Crippen LogP contribution in [0.5, 0.6) is 0 Å². The van der Waals surface area contributed by atoms with Crippen LogP contribution in [0.3, 0.4) is 0 Å². The molecule has 2 fully saturated rings. The summed E-state index contributed by atoms with van der Waals surface area (Å²) in [6.07, 6.45) is 6.16. The topological polar surface area (TPSA) is 58.1 Å². The molecule has 6 heteroatoms. The zero-order chi connectivity index (χ0) is 18.6. The second-order valence-corrected chi connectivity index (χ2v) is 8.05. The van der Waals surface area contributed by atoms with E-state index in [-0.39, 0.29) is 0 Å². The van der Waals surface area contributed by atoms with Gasteiger partial charge in [0.15, 0.2) is 5.96 Å². The van der Waals surface area contributed by atoms with Crippen LogP contribution in [-0.2, 0) is 9.47 Å². The maximum atomic E-state index is 5.69. The molecule has 6 nitrogen and oxygen atoms in total. The summed E-state index contributed by atoms with van der Waals surface area (Å²) in [5.41, 5.74) is 0. The van der Waals surface area contributed by atoms with Crippen LogP contribution in [0.25, 0.3) is 0 Å². The number of aliphatic imine (C=N–C) groups is 1. The van der Waals surface area contributed by atoms with E-state index in [1.807, 2.05) is 7.05 Å². The smallest absolute Gasteiger partial charge is 0.190 e. The van der Waals surface area contributed by atoms with Crippen LogP contribution >= 0.6 is 0 Å². The van der Waals surface area contributed by atoms with E-state index in [1.54, 1.807) is 0 Å². The highest BCUT2D eigenvalue weighted by Gasteiger charge is 2.21. The van der Waals surface area contributed by atoms with Crippen LogP contribution in [0.1, 0.15) is 46.0 Å². The van der Waals surface area contributed by atoms with Gasteiger partial charge in [0.05, 0.1) is 12.7 Å². The molecule has 2 heterocycles. The Morgan fingerprint density at radius 1 is 1.15 bits per heavy atom. The zero-order valence-electron chi connectivity index (χ0n) is 17.1. The molecule has 0 saturated carbocycles. The number of guanidine groups is 1. The standard InChI is InChI=1S/C20H40N4O2/c1-17-13-18(2)15-24(14-17)10-5-8-22-20(21-3)23-9-6-11-25-16-19-7-4-12-26-19/h17-19H,4-16H2,1-3H3,(H2,21,22,23). The first-order valence-electron chi connectivity index (χ1n) is 10.5. The Hall–Kier alpha value is -0.850. The predicted octanol–water partition coefficient (Wildman–Crippen LogP) is 2.11. The van der Waals surface area contributed by atoms with Gasteiger partial charge in [-0.25, -0.2) is 0 Å². The third-order valence-corrected chi connectivity index (χ3v) is 5.20. The van der Waals surface area contributed by atoms with Crippen molar-refractivity contribution in [2.75, 3.05) is 59.6 Å². The maximum Gasteiger partial charge on any atom is 0.190 e. The number of ether oxygens (including phenoxy) is 2. The van der Waals surface area contributed by atoms with Crippen LogP contribution in [0, 0.1) is 11.8 Å². The lowest BCUT2D eigenvalue weighted by molar-refractivity contribution is 0.0168. The summed E-state index contributed by atoms with van der Waals surface area (Å²) in [4.78, 5) is 6.91. The van der Waals surface area contributed by atoms with Gasteiger partial charge in [-0.1, -0.05) is 13.8 Å². The van der Waals surface area contributed by atoms with Crippen molar-refractivity contribution in [1.29, 1.82) is 0 Å². The minimum Gasteiger partial charge on any atom is -0.379 e. The third-order valence-electron chi connectivity index (χ3n) is 5.20. The van der Waals surface area contributed by atoms with Crippen molar-refractivity contribution in [2.45, 2.75) is 52.1 Å². The lowest BCUT2D eigenvalue weighted by Crippen LogP contribution is -2.42. The van der Waals surface area contributed by atoms with E-state index in [4.69, 9.17) is 9.47 Å². The molecular weight excluding hydrogens is 328 g/mol. The fourth-order valence-electron chi connectivity index (χ4n) is 4.08. The van der Waals surface area contributed by atoms with Crippen molar-refractivity contribution >= 4 is 5.96 Å². The Morgan fingerprint density at radius 3 is 2.54 bits per heavy atom. The Morgan fingerprint density at radius 2 is 1.88 bits per heavy atom. The molecule has 0 spiro atoms. The highest BCUT2D eigenvalue weighted by molar-refractivity contribution is 5.79. The first-order chi connectivity index (χ1) is 12.7. The molecule has 0 aromatic heterocycles. The molecule has 2 N–H and O–H groups in total. The second kappa shape index (κ2) is 12.5. The molecule has 3 atom stereocenters. The Balaban J connectivity index is 1.44. The van der Waals surface area contributed by atoms with Crippen LogP contribution in [0.15, 0.2) is 4.99 Å². The second-order valence-electron chi connectivity index (χ2n) is 8.05. The van der Waals surface area contributed by atoms with Crippen LogP contribution in [0.2, 0.25) is 0 Å². The quantitative estimate of drug-likeness (QED) is 0.351. The lowest BCUT2D eigenvalue weighted by atomic mass is 9.92. The Bertz CT molecular complexity index is 389. The van der Waals surface area contributed by atoms with Crippen molar-refractivity contribution in [2.24, 2.45) is 16.8 Å². The minimum atomic E-state index is 0.322. The monoisotopic (exact) mass is 368 g/mol. The molecule has 2 rings (SSSR count). The molecular formula is C20H40N4O2. The molecule has 0 aliphatic carbocycles. The number of hydrogen-bond donors (Lipinski definition) is 2. The summed E-state index contributed by atoms with van der Waals surface area (Å²) < 4.78 is 11.2. The molecule has 2 aliphatic heterocycles. The molecule has 0 amide bonds. The van der Waals surface area contributed by atoms with Crippen molar-refractivity contribution in [3.05, 3.63) is 0 Å². The largest absolute Gasteiger partial charge is 0.379 e. The number of piperidine rings is 1. The maximum absolute atomic E-state index is 5.69. The molecule has 0 aromatic rings. The van der Waals surface area contributed by atoms with Gasteiger partial charge < -0.3 is 25.0 Å². The highest BCUT2D eigenvalue weighted by atomic mass is 16.5. The van der Waals surface area contributed by atoms with E-state index < -0.39 is 0 Å². The van der Waals surface area contributed by atoms with Crippen molar-refractivity contribution in [3.8, 4) is 0 Å². The highest BCUT2D eigenvalue weighted by Crippen LogP contribution is 2.20. The fourth-order valence-corrected chi connectivity index (χ4v) is 4.08. The third kappa shape index (κ3) is 8.69. The molecule has 2 aliphatic rings. The van der Waals surface area contributed by atoms with Gasteiger partial charge in [0.2, 0.25) is 0 Å². The number of likely N-dealkylation sites (tertiary alicyclic amines) is 1. The van der Waals surface area contributed by atoms with E-state index in [1.165, 1.54) is 32.5 Å². The average Bonchev–Trinajstić information content (AvgIpc) is 3.12. The van der Waals surface area contributed by atoms with E-state index in [2.05, 4.69) is 34.4 Å². The van der Waals surface area contributed by atoms with E-state index in [9.17, 15) is 0 Å². The molecule has 0 bridgehead atoms. The molecule has 26 heavy (non-hydrogen) atoms. The van der Waals surface area contributed by atoms with E-state index >= 15 is 0 Å². The summed E-state index contributed by atoms with van der Waals surface area (Å²) in [6.45, 7) is 12.7. The van der Waals surface area contributed by atoms with Gasteiger partial charge >= 0.3 is 0 Å². The first kappa shape index (κ1) is 21.5. The molecule has 2 saturated heterocycles. The Labute approximate surface area is 160 Å². The van der Waals surface area contributed by atoms with Crippen LogP contribution in [0.4, 0.5) is 0 Å². The van der Waals surface area contributed by atoms with Crippen molar-refractivity contribution < 1.29 is 9.47 Å². The normalized spacial score (nSPS) is 27.7. The fraction of sp³-hybridized carbons (Fsp3) is 0.950. The predicted molar refractivity (Wildman–Crippen MR) is 108 cm³/mol. The summed E-state index contributed by atoms with van der Waals surface area (Å²) >= 11 is 0. The lowest BCUT2D eigenvalue weighted by Gasteiger charge is -2.35. The summed E-state index contributed by atoms with van der Waals surface area (Å²) in [7, 11) is 1.83. The number of nitrogens with one attached hydrogen (secondary N) is 2. The van der Waals surface area contributed by atoms with Gasteiger partial charge in [0, 0.05) is 46.4 Å². The number of hydrogen-bond acceptors (Lipinski definition) is 4. The SMILES string of the molecule is CN=C(NCCCOCC1CCCO1)NCCCN1CC(C)CC(C)C1. The van der Waals surface area contributed by atoms with Gasteiger partial charge in [-0.3, -0.25) is 4.99 Å². The summed E-state index contributed by atoms with van der Waals surface area (Å²) in [5.74, 6) is 2.57. The van der Waals surface area contributed by atoms with Crippen LogP contribution < -0.4 is 10.6 Å². The molecule has 0 radical (unpaired) electrons. The summed E-state index contributed by atoms with van der Waals surface area (Å²) in [5, 5.41) is 6.78. The summed E-state index contributed by atoms with van der Waals surface area (Å²) in [6, 6.07) is 0. The van der Waals surface area contributed by atoms with Gasteiger partial charge in [-0.05, 0) is 50.5 Å². The Kier molecular flexibility index (Phi) is 10.3. The number of rotatable bonds is 10. The zero-order valence-corrected chi connectivity index (χ0v) is 17.1. The molecule has 0 aromatic carbocycles.